The lowest BCUT2D eigenvalue weighted by Crippen LogP contribution is -2.23. The Balaban J connectivity index is 2.12. The van der Waals surface area contributed by atoms with Crippen LogP contribution in [0.3, 0.4) is 0 Å². The second-order valence-electron chi connectivity index (χ2n) is 5.55. The van der Waals surface area contributed by atoms with Crippen molar-refractivity contribution in [2.24, 2.45) is 0 Å². The first kappa shape index (κ1) is 16.1. The lowest BCUT2D eigenvalue weighted by molar-refractivity contribution is 0.603. The van der Waals surface area contributed by atoms with Gasteiger partial charge in [-0.15, -0.1) is 11.8 Å². The molecule has 0 aliphatic heterocycles. The van der Waals surface area contributed by atoms with Crippen molar-refractivity contribution in [3.05, 3.63) is 64.7 Å². The van der Waals surface area contributed by atoms with E-state index in [-0.39, 0.29) is 0 Å². The summed E-state index contributed by atoms with van der Waals surface area (Å²) in [5.41, 5.74) is 5.49. The molecule has 0 radical (unpaired) electrons. The van der Waals surface area contributed by atoms with E-state index in [1.54, 1.807) is 0 Å². The van der Waals surface area contributed by atoms with Crippen LogP contribution in [0.1, 0.15) is 35.2 Å². The zero-order valence-corrected chi connectivity index (χ0v) is 14.3. The van der Waals surface area contributed by atoms with Crippen LogP contribution < -0.4 is 5.32 Å². The van der Waals surface area contributed by atoms with Gasteiger partial charge >= 0.3 is 0 Å². The molecule has 2 heteroatoms. The minimum absolute atomic E-state index is 0.405. The average Bonchev–Trinajstić information content (AvgIpc) is 2.46. The average molecular weight is 299 g/mol. The number of rotatable bonds is 6. The Hall–Kier alpha value is -1.25. The number of nitrogens with one attached hydrogen (secondary N) is 1. The van der Waals surface area contributed by atoms with Crippen LogP contribution in [0.25, 0.3) is 0 Å². The highest BCUT2D eigenvalue weighted by Crippen LogP contribution is 2.29. The third-order valence-corrected chi connectivity index (χ3v) is 5.02. The van der Waals surface area contributed by atoms with Gasteiger partial charge in [-0.05, 0) is 50.1 Å². The highest BCUT2D eigenvalue weighted by molar-refractivity contribution is 7.99. The molecule has 0 heterocycles. The van der Waals surface area contributed by atoms with Gasteiger partial charge in [-0.3, -0.25) is 0 Å². The molecule has 0 spiro atoms. The van der Waals surface area contributed by atoms with E-state index in [1.165, 1.54) is 27.1 Å². The van der Waals surface area contributed by atoms with E-state index in [4.69, 9.17) is 0 Å². The van der Waals surface area contributed by atoms with Gasteiger partial charge in [0.2, 0.25) is 0 Å². The van der Waals surface area contributed by atoms with Gasteiger partial charge in [-0.25, -0.2) is 0 Å². The lowest BCUT2D eigenvalue weighted by Gasteiger charge is -2.20. The number of hydrogen-bond donors (Lipinski definition) is 1. The fourth-order valence-corrected chi connectivity index (χ4v) is 3.71. The molecule has 0 saturated heterocycles. The van der Waals surface area contributed by atoms with E-state index in [0.717, 1.165) is 12.3 Å². The molecule has 0 saturated carbocycles. The monoisotopic (exact) mass is 299 g/mol. The van der Waals surface area contributed by atoms with Crippen LogP contribution in [0.2, 0.25) is 0 Å². The van der Waals surface area contributed by atoms with E-state index < -0.39 is 0 Å². The summed E-state index contributed by atoms with van der Waals surface area (Å²) in [6.07, 6.45) is 0. The minimum atomic E-state index is 0.405. The Morgan fingerprint density at radius 1 is 1.00 bits per heavy atom. The maximum absolute atomic E-state index is 3.62. The number of thioether (sulfide) groups is 1. The van der Waals surface area contributed by atoms with Crippen LogP contribution in [-0.2, 0) is 0 Å². The summed E-state index contributed by atoms with van der Waals surface area (Å²) in [5, 5.41) is 3.62. The lowest BCUT2D eigenvalue weighted by atomic mass is 10.0. The maximum atomic E-state index is 3.62. The van der Waals surface area contributed by atoms with Crippen molar-refractivity contribution in [2.45, 2.75) is 38.6 Å². The quantitative estimate of drug-likeness (QED) is 0.749. The van der Waals surface area contributed by atoms with Gasteiger partial charge in [0.1, 0.15) is 0 Å². The molecular formula is C19H25NS. The predicted molar refractivity (Wildman–Crippen MR) is 94.2 cm³/mol. The summed E-state index contributed by atoms with van der Waals surface area (Å²) in [5.74, 6) is 1.06. The highest BCUT2D eigenvalue weighted by Gasteiger charge is 2.13. The molecule has 0 bridgehead atoms. The topological polar surface area (TPSA) is 12.0 Å². The first-order valence-electron chi connectivity index (χ1n) is 7.60. The van der Waals surface area contributed by atoms with Crippen LogP contribution in [-0.4, -0.2) is 12.3 Å². The standard InChI is InChI=1S/C19H25NS/c1-5-20-18(17-9-7-6-8-15(17)3)13-21-19-11-10-14(2)12-16(19)4/h6-12,18,20H,5,13H2,1-4H3. The first-order chi connectivity index (χ1) is 10.1. The summed E-state index contributed by atoms with van der Waals surface area (Å²) < 4.78 is 0. The van der Waals surface area contributed by atoms with Crippen molar-refractivity contribution >= 4 is 11.8 Å². The van der Waals surface area contributed by atoms with Crippen molar-refractivity contribution in [1.82, 2.24) is 5.32 Å². The second-order valence-corrected chi connectivity index (χ2v) is 6.61. The van der Waals surface area contributed by atoms with Crippen molar-refractivity contribution in [3.8, 4) is 0 Å². The molecule has 0 aromatic heterocycles. The van der Waals surface area contributed by atoms with E-state index in [2.05, 4.69) is 75.5 Å². The zero-order chi connectivity index (χ0) is 15.2. The number of aryl methyl sites for hydroxylation is 3. The second kappa shape index (κ2) is 7.67. The normalized spacial score (nSPS) is 12.4. The summed E-state index contributed by atoms with van der Waals surface area (Å²) in [6.45, 7) is 9.71. The SMILES string of the molecule is CCNC(CSc1ccc(C)cc1C)c1ccccc1C. The largest absolute Gasteiger partial charge is 0.309 e. The molecule has 21 heavy (non-hydrogen) atoms. The molecule has 2 aromatic carbocycles. The molecule has 2 rings (SSSR count). The smallest absolute Gasteiger partial charge is 0.0417 e. The van der Waals surface area contributed by atoms with Gasteiger partial charge in [0.25, 0.3) is 0 Å². The van der Waals surface area contributed by atoms with Crippen molar-refractivity contribution in [2.75, 3.05) is 12.3 Å². The van der Waals surface area contributed by atoms with Crippen LogP contribution in [0.5, 0.6) is 0 Å². The molecule has 0 fully saturated rings. The Morgan fingerprint density at radius 3 is 2.43 bits per heavy atom. The molecule has 0 amide bonds. The van der Waals surface area contributed by atoms with E-state index in [1.807, 2.05) is 11.8 Å². The van der Waals surface area contributed by atoms with E-state index in [9.17, 15) is 0 Å². The van der Waals surface area contributed by atoms with Gasteiger partial charge in [-0.2, -0.15) is 0 Å². The summed E-state index contributed by atoms with van der Waals surface area (Å²) in [7, 11) is 0. The van der Waals surface area contributed by atoms with Crippen LogP contribution in [0, 0.1) is 20.8 Å². The summed E-state index contributed by atoms with van der Waals surface area (Å²) >= 11 is 1.94. The molecule has 0 aliphatic rings. The highest BCUT2D eigenvalue weighted by atomic mass is 32.2. The third kappa shape index (κ3) is 4.36. The van der Waals surface area contributed by atoms with Gasteiger partial charge in [0, 0.05) is 16.7 Å². The predicted octanol–water partition coefficient (Wildman–Crippen LogP) is 5.05. The zero-order valence-electron chi connectivity index (χ0n) is 13.4. The Morgan fingerprint density at radius 2 is 1.76 bits per heavy atom. The molecule has 1 nitrogen and oxygen atoms in total. The van der Waals surface area contributed by atoms with Crippen LogP contribution >= 0.6 is 11.8 Å². The molecule has 1 unspecified atom stereocenters. The van der Waals surface area contributed by atoms with E-state index >= 15 is 0 Å². The van der Waals surface area contributed by atoms with E-state index in [0.29, 0.717) is 6.04 Å². The first-order valence-corrected chi connectivity index (χ1v) is 8.59. The number of hydrogen-bond acceptors (Lipinski definition) is 2. The molecule has 1 atom stereocenters. The molecule has 1 N–H and O–H groups in total. The molecule has 112 valence electrons. The van der Waals surface area contributed by atoms with Gasteiger partial charge < -0.3 is 5.32 Å². The Kier molecular flexibility index (Phi) is 5.89. The molecule has 2 aromatic rings. The van der Waals surface area contributed by atoms with Crippen molar-refractivity contribution in [1.29, 1.82) is 0 Å². The summed E-state index contributed by atoms with van der Waals surface area (Å²) in [6, 6.07) is 15.8. The third-order valence-electron chi connectivity index (χ3n) is 3.75. The maximum Gasteiger partial charge on any atom is 0.0417 e. The molecular weight excluding hydrogens is 274 g/mol. The number of benzene rings is 2. The molecule has 0 aliphatic carbocycles. The van der Waals surface area contributed by atoms with Crippen molar-refractivity contribution in [3.63, 3.8) is 0 Å². The van der Waals surface area contributed by atoms with Crippen molar-refractivity contribution < 1.29 is 0 Å². The van der Waals surface area contributed by atoms with Crippen LogP contribution in [0.4, 0.5) is 0 Å². The fourth-order valence-electron chi connectivity index (χ4n) is 2.62. The van der Waals surface area contributed by atoms with Gasteiger partial charge in [-0.1, -0.05) is 48.9 Å². The van der Waals surface area contributed by atoms with Gasteiger partial charge in [0.15, 0.2) is 0 Å². The Labute approximate surface area is 133 Å². The Bertz CT molecular complexity index is 592. The summed E-state index contributed by atoms with van der Waals surface area (Å²) in [4.78, 5) is 1.39. The van der Waals surface area contributed by atoms with Gasteiger partial charge in [0.05, 0.1) is 0 Å². The fraction of sp³-hybridized carbons (Fsp3) is 0.368. The van der Waals surface area contributed by atoms with Crippen LogP contribution in [0.15, 0.2) is 47.4 Å². The minimum Gasteiger partial charge on any atom is -0.309 e.